The molecule has 0 aromatic heterocycles. The van der Waals surface area contributed by atoms with Gasteiger partial charge in [0.2, 0.25) is 0 Å². The van der Waals surface area contributed by atoms with E-state index in [0.717, 1.165) is 13.2 Å². The normalized spacial score (nSPS) is 18.3. The predicted molar refractivity (Wildman–Crippen MR) is 79.6 cm³/mol. The third kappa shape index (κ3) is 8.63. The standard InChI is InChI=1S/C7H12O3.C6H11O2.2CH4.3Rf/c1-8-3-7(4-9-2)5-10-6-7;1-6(3-7-2)4-8-5-6;;;;;/h1-6H2;2-5H2,1H3;2*1H4;;;/q-2;-1;;;;;. The zero-order valence-corrected chi connectivity index (χ0v) is 32.4. The summed E-state index contributed by atoms with van der Waals surface area (Å²) in [6.45, 7) is 7.04. The van der Waals surface area contributed by atoms with Crippen molar-refractivity contribution in [2.75, 3.05) is 46.2 Å². The van der Waals surface area contributed by atoms with Crippen LogP contribution >= 0.6 is 0 Å². The van der Waals surface area contributed by atoms with Gasteiger partial charge in [-0.3, -0.25) is 0 Å². The maximum Gasteiger partial charge on any atom is 0.0587 e. The second-order valence-electron chi connectivity index (χ2n) is 5.34. The largest absolute Gasteiger partial charge is 0.554 e. The van der Waals surface area contributed by atoms with Gasteiger partial charge in [-0.05, 0) is 0 Å². The summed E-state index contributed by atoms with van der Waals surface area (Å²) in [5.74, 6) is 0. The van der Waals surface area contributed by atoms with Gasteiger partial charge in [-0.2, -0.15) is 0 Å². The van der Waals surface area contributed by atoms with E-state index in [4.69, 9.17) is 23.7 Å². The summed E-state index contributed by atoms with van der Waals surface area (Å²) in [4.78, 5) is 0. The summed E-state index contributed by atoms with van der Waals surface area (Å²) < 4.78 is 24.3. The van der Waals surface area contributed by atoms with Crippen LogP contribution in [0.4, 0.5) is 0 Å². The van der Waals surface area contributed by atoms with Crippen molar-refractivity contribution >= 4 is 0 Å². The minimum atomic E-state index is 0. The smallest absolute Gasteiger partial charge is 0.0587 e. The summed E-state index contributed by atoms with van der Waals surface area (Å²) in [5.41, 5.74) is 0.297. The van der Waals surface area contributed by atoms with Gasteiger partial charge < -0.3 is 23.7 Å². The van der Waals surface area contributed by atoms with Crippen LogP contribution in [0.5, 0.6) is 0 Å². The maximum absolute atomic E-state index is 5.03. The van der Waals surface area contributed by atoms with Gasteiger partial charge in [0, 0.05) is 25.2 Å². The minimum absolute atomic E-state index is 0. The molecule has 2 heterocycles. The fourth-order valence-electron chi connectivity index (χ4n) is 1.81. The van der Waals surface area contributed by atoms with Gasteiger partial charge in [0.05, 0.1) is 31.8 Å². The molecule has 0 atom stereocenters. The summed E-state index contributed by atoms with van der Waals surface area (Å²) >= 11 is 0. The van der Waals surface area contributed by atoms with Crippen molar-refractivity contribution in [1.82, 2.24) is 0 Å². The number of rotatable bonds is 6. The Balaban J connectivity index is -0.0000000782. The predicted octanol–water partition coefficient (Wildman–Crippen LogP) is 2.72. The van der Waals surface area contributed by atoms with Crippen molar-refractivity contribution in [3.63, 3.8) is 0 Å². The molecule has 2 fully saturated rings. The third-order valence-corrected chi connectivity index (χ3v) is 2.98. The topological polar surface area (TPSA) is 46.2 Å². The molecule has 0 bridgehead atoms. The Bertz CT molecular complexity index is 229. The van der Waals surface area contributed by atoms with Crippen molar-refractivity contribution < 1.29 is 23.7 Å². The van der Waals surface area contributed by atoms with Gasteiger partial charge in [0.1, 0.15) is 0 Å². The molecule has 0 aromatic rings. The molecule has 0 saturated carbocycles. The van der Waals surface area contributed by atoms with Crippen LogP contribution in [0.1, 0.15) is 21.8 Å². The Morgan fingerprint density at radius 1 is 0.739 bits per heavy atom. The van der Waals surface area contributed by atoms with Crippen LogP contribution in [0.2, 0.25) is 0 Å². The first-order valence-corrected chi connectivity index (χ1v) is 5.86. The van der Waals surface area contributed by atoms with Gasteiger partial charge >= 0.3 is 0 Å². The molecule has 0 aromatic carbocycles. The average Bonchev–Trinajstić information content (AvgIpc) is 2.26. The number of ether oxygens (including phenoxy) is 5. The molecular weight excluding hydrogens is 1060 g/mol. The molecule has 2 saturated heterocycles. The third-order valence-electron chi connectivity index (χ3n) is 2.98. The van der Waals surface area contributed by atoms with Crippen LogP contribution in [0.25, 0.3) is 0 Å². The van der Waals surface area contributed by atoms with Crippen LogP contribution in [-0.2, 0) is 23.7 Å². The van der Waals surface area contributed by atoms with Crippen LogP contribution in [0.3, 0.4) is 0 Å². The summed E-state index contributed by atoms with van der Waals surface area (Å²) in [6, 6.07) is 0. The molecule has 0 radical (unpaired) electrons. The molecule has 0 spiro atoms. The van der Waals surface area contributed by atoms with Crippen molar-refractivity contribution in [3.8, 4) is 0 Å². The van der Waals surface area contributed by atoms with E-state index in [2.05, 4.69) is 28.3 Å². The van der Waals surface area contributed by atoms with Gasteiger partial charge in [0.25, 0.3) is 0 Å². The van der Waals surface area contributed by atoms with E-state index in [-0.39, 0.29) is 25.7 Å². The molecule has 130 valence electrons. The molecule has 5 nitrogen and oxygen atoms in total. The first-order chi connectivity index (χ1) is 8.60. The molecule has 2 rings (SSSR count). The maximum atomic E-state index is 5.03. The molecule has 0 amide bonds. The molecule has 0 aliphatic carbocycles. The Labute approximate surface area is 124 Å². The van der Waals surface area contributed by atoms with Gasteiger partial charge in [-0.25, -0.2) is 21.3 Å². The van der Waals surface area contributed by atoms with Crippen LogP contribution in [-0.4, -0.2) is 46.2 Å². The summed E-state index contributed by atoms with van der Waals surface area (Å²) in [7, 11) is 9.90. The molecule has 2 aliphatic rings. The van der Waals surface area contributed by atoms with Crippen molar-refractivity contribution in [3.05, 3.63) is 21.3 Å². The van der Waals surface area contributed by atoms with E-state index < -0.39 is 0 Å². The fraction of sp³-hybridized carbons (Fsp3) is 0.800. The van der Waals surface area contributed by atoms with Crippen molar-refractivity contribution in [2.45, 2.75) is 21.8 Å². The van der Waals surface area contributed by atoms with E-state index in [1.807, 2.05) is 0 Å². The second-order valence-corrected chi connectivity index (χ2v) is 5.34. The van der Waals surface area contributed by atoms with E-state index in [1.165, 1.54) is 0 Å². The molecule has 2 aliphatic heterocycles. The number of hydrogen-bond acceptors (Lipinski definition) is 5. The zero-order valence-electron chi connectivity index (χ0n) is 13.2. The molecule has 8 heteroatoms. The number of hydrogen-bond donors (Lipinski definition) is 0. The zero-order chi connectivity index (χ0) is 13.5. The Morgan fingerprint density at radius 2 is 1.09 bits per heavy atom. The fourth-order valence-corrected chi connectivity index (χ4v) is 1.81. The van der Waals surface area contributed by atoms with Crippen LogP contribution in [0, 0.1) is 32.2 Å². The SMILES string of the molecule is C.C.[CH2-]OCC1(C)COC1.[CH2-]OCC1(CO[CH2-])COC1.[Rf].[Rf].[Rf]. The van der Waals surface area contributed by atoms with Crippen LogP contribution in [0.15, 0.2) is 0 Å². The van der Waals surface area contributed by atoms with Crippen molar-refractivity contribution in [1.29, 1.82) is 0 Å². The van der Waals surface area contributed by atoms with Gasteiger partial charge in [-0.15, -0.1) is 0 Å². The monoisotopic (exact) mass is 1090 g/mol. The molecule has 0 unspecified atom stereocenters. The molecule has 0 N–H and O–H groups in total. The summed E-state index contributed by atoms with van der Waals surface area (Å²) in [5, 5.41) is 0. The summed E-state index contributed by atoms with van der Waals surface area (Å²) in [6.07, 6.45) is 0. The Kier molecular flexibility index (Phi) is 19.1. The van der Waals surface area contributed by atoms with Crippen molar-refractivity contribution in [2.24, 2.45) is 10.8 Å². The molecular formula is C15H31O5Rf3-3. The van der Waals surface area contributed by atoms with E-state index in [1.54, 1.807) is 0 Å². The van der Waals surface area contributed by atoms with Gasteiger partial charge in [0.15, 0.2) is 0 Å². The minimum Gasteiger partial charge on any atom is -0.554 e. The van der Waals surface area contributed by atoms with E-state index >= 15 is 0 Å². The Hall–Kier alpha value is -3.20. The van der Waals surface area contributed by atoms with E-state index in [0.29, 0.717) is 33.0 Å². The molecule has 23 heavy (non-hydrogen) atoms. The van der Waals surface area contributed by atoms with Gasteiger partial charge in [-0.1, -0.05) is 21.8 Å². The average molecular weight is 1090 g/mol. The first kappa shape index (κ1) is 31.9. The second kappa shape index (κ2) is 13.8. The quantitative estimate of drug-likeness (QED) is 0.384. The van der Waals surface area contributed by atoms with Crippen LogP contribution < -0.4 is 0 Å². The Morgan fingerprint density at radius 3 is 1.22 bits per heavy atom. The first-order valence-electron chi connectivity index (χ1n) is 5.86. The van der Waals surface area contributed by atoms with E-state index in [9.17, 15) is 0 Å².